The smallest absolute Gasteiger partial charge is 0.373 e. The van der Waals surface area contributed by atoms with Crippen molar-refractivity contribution in [1.29, 1.82) is 0 Å². The van der Waals surface area contributed by atoms with Gasteiger partial charge in [-0.3, -0.25) is 0 Å². The first-order valence-corrected chi connectivity index (χ1v) is 18.1. The molecule has 0 aromatic rings. The third kappa shape index (κ3) is 9.51. The molecular weight excluding hydrogens is 481 g/mol. The summed E-state index contributed by atoms with van der Waals surface area (Å²) in [4.78, 5) is 0. The molecule has 0 saturated carbocycles. The minimum atomic E-state index is -2.74. The quantitative estimate of drug-likeness (QED) is 0.0911. The number of hydrogen-bond donors (Lipinski definition) is 0. The fourth-order valence-corrected chi connectivity index (χ4v) is 12.6. The first-order valence-electron chi connectivity index (χ1n) is 12.2. The van der Waals surface area contributed by atoms with Gasteiger partial charge in [-0.25, -0.2) is 0 Å². The van der Waals surface area contributed by atoms with Crippen LogP contribution in [0.4, 0.5) is 0 Å². The van der Waals surface area contributed by atoms with E-state index in [1.54, 1.807) is 0 Å². The summed E-state index contributed by atoms with van der Waals surface area (Å²) in [5.41, 5.74) is 0. The van der Waals surface area contributed by atoms with E-state index in [1.165, 1.54) is 0 Å². The summed E-state index contributed by atoms with van der Waals surface area (Å²) in [5.74, 6) is 2.04. The van der Waals surface area contributed by atoms with Gasteiger partial charge in [0.2, 0.25) is 0 Å². The Morgan fingerprint density at radius 2 is 0.688 bits per heavy atom. The fraction of sp³-hybridized carbons (Fsp3) is 1.00. The minimum Gasteiger partial charge on any atom is -0.373 e. The van der Waals surface area contributed by atoms with E-state index in [1.807, 2.05) is 63.1 Å². The van der Waals surface area contributed by atoms with Gasteiger partial charge in [0.15, 0.2) is 0 Å². The molecule has 0 heterocycles. The van der Waals surface area contributed by atoms with Crippen molar-refractivity contribution < 1.29 is 26.6 Å². The van der Waals surface area contributed by atoms with Crippen molar-refractivity contribution >= 4 is 39.2 Å². The summed E-state index contributed by atoms with van der Waals surface area (Å²) >= 11 is 0. The second kappa shape index (κ2) is 16.5. The number of hydrogen-bond acceptors (Lipinski definition) is 8. The summed E-state index contributed by atoms with van der Waals surface area (Å²) in [6, 6.07) is 0. The molecule has 0 unspecified atom stereocenters. The molecule has 0 aromatic heterocycles. The van der Waals surface area contributed by atoms with Gasteiger partial charge in [0, 0.05) is 61.2 Å². The van der Waals surface area contributed by atoms with Gasteiger partial charge in [-0.05, 0) is 54.4 Å². The maximum absolute atomic E-state index is 6.15. The highest BCUT2D eigenvalue weighted by Crippen LogP contribution is 2.46. The van der Waals surface area contributed by atoms with Crippen LogP contribution in [0, 0.1) is 0 Å². The molecule has 0 aliphatic carbocycles. The van der Waals surface area contributed by atoms with E-state index in [-0.39, 0.29) is 10.1 Å². The Hall–Kier alpha value is 0.894. The first-order chi connectivity index (χ1) is 15.1. The standard InChI is InChI=1S/C22H50O6S2Si2/c1-11-23-31(24-12-2,25-13-3)21(7,8)17-19-29-30-20-18-22(9,10)32(26-14-4,27-15-5)28-16-6/h11-20H2,1-10H3. The van der Waals surface area contributed by atoms with E-state index in [0.29, 0.717) is 39.6 Å². The zero-order valence-corrected chi connectivity index (χ0v) is 26.0. The molecule has 32 heavy (non-hydrogen) atoms. The first kappa shape index (κ1) is 32.9. The molecule has 0 N–H and O–H groups in total. The van der Waals surface area contributed by atoms with Crippen molar-refractivity contribution in [2.45, 2.75) is 92.2 Å². The van der Waals surface area contributed by atoms with Gasteiger partial charge in [-0.15, -0.1) is 0 Å². The average Bonchev–Trinajstić information content (AvgIpc) is 2.71. The van der Waals surface area contributed by atoms with Crippen LogP contribution >= 0.6 is 21.6 Å². The maximum atomic E-state index is 6.15. The van der Waals surface area contributed by atoms with Crippen LogP contribution in [-0.2, 0) is 26.6 Å². The van der Waals surface area contributed by atoms with Gasteiger partial charge in [-0.2, -0.15) is 0 Å². The Bertz CT molecular complexity index is 407. The SMILES string of the molecule is CCO[Si](OCC)(OCC)C(C)(C)CCSSCCC(C)(C)[Si](OCC)(OCC)OCC. The largest absolute Gasteiger partial charge is 0.506 e. The van der Waals surface area contributed by atoms with Gasteiger partial charge < -0.3 is 26.6 Å². The van der Waals surface area contributed by atoms with Crippen molar-refractivity contribution in [1.82, 2.24) is 0 Å². The highest BCUT2D eigenvalue weighted by atomic mass is 33.1. The summed E-state index contributed by atoms with van der Waals surface area (Å²) in [7, 11) is -1.67. The molecule has 0 aliphatic heterocycles. The molecule has 194 valence electrons. The summed E-state index contributed by atoms with van der Waals surface area (Å²) in [6.07, 6.45) is 1.96. The molecule has 10 heteroatoms. The van der Waals surface area contributed by atoms with E-state index >= 15 is 0 Å². The third-order valence-electron chi connectivity index (χ3n) is 5.37. The molecule has 0 saturated heterocycles. The minimum absolute atomic E-state index is 0.136. The molecule has 0 bridgehead atoms. The predicted molar refractivity (Wildman–Crippen MR) is 143 cm³/mol. The van der Waals surface area contributed by atoms with Gasteiger partial charge >= 0.3 is 17.6 Å². The number of rotatable bonds is 21. The Morgan fingerprint density at radius 3 is 0.875 bits per heavy atom. The maximum Gasteiger partial charge on any atom is 0.506 e. The summed E-state index contributed by atoms with van der Waals surface area (Å²) < 4.78 is 36.9. The van der Waals surface area contributed by atoms with E-state index in [4.69, 9.17) is 26.6 Å². The van der Waals surface area contributed by atoms with Crippen molar-refractivity contribution in [2.24, 2.45) is 0 Å². The lowest BCUT2D eigenvalue weighted by Crippen LogP contribution is -2.54. The molecule has 0 atom stereocenters. The lowest BCUT2D eigenvalue weighted by atomic mass is 10.1. The molecule has 0 spiro atoms. The van der Waals surface area contributed by atoms with Gasteiger partial charge in [-0.1, -0.05) is 49.3 Å². The summed E-state index contributed by atoms with van der Waals surface area (Å²) in [5, 5.41) is -0.272. The highest BCUT2D eigenvalue weighted by Gasteiger charge is 2.56. The van der Waals surface area contributed by atoms with Crippen LogP contribution in [0.25, 0.3) is 0 Å². The molecule has 0 radical (unpaired) electrons. The monoisotopic (exact) mass is 530 g/mol. The van der Waals surface area contributed by atoms with E-state index in [0.717, 1.165) is 24.3 Å². The predicted octanol–water partition coefficient (Wildman–Crippen LogP) is 6.81. The Labute approximate surface area is 208 Å². The average molecular weight is 531 g/mol. The van der Waals surface area contributed by atoms with Crippen molar-refractivity contribution in [2.75, 3.05) is 51.1 Å². The fourth-order valence-electron chi connectivity index (χ4n) is 3.58. The molecule has 6 nitrogen and oxygen atoms in total. The molecule has 0 aliphatic rings. The van der Waals surface area contributed by atoms with Crippen LogP contribution in [0.3, 0.4) is 0 Å². The van der Waals surface area contributed by atoms with Crippen LogP contribution in [0.1, 0.15) is 82.1 Å². The second-order valence-electron chi connectivity index (χ2n) is 8.62. The van der Waals surface area contributed by atoms with Crippen LogP contribution in [-0.4, -0.2) is 68.8 Å². The molecule has 0 rings (SSSR count). The third-order valence-corrected chi connectivity index (χ3v) is 15.6. The van der Waals surface area contributed by atoms with Crippen LogP contribution in [0.15, 0.2) is 0 Å². The van der Waals surface area contributed by atoms with Crippen LogP contribution in [0.2, 0.25) is 10.1 Å². The molecule has 0 fully saturated rings. The second-order valence-corrected chi connectivity index (χ2v) is 18.0. The lowest BCUT2D eigenvalue weighted by Gasteiger charge is -2.41. The Kier molecular flexibility index (Phi) is 17.0. The molecule has 0 aromatic carbocycles. The van der Waals surface area contributed by atoms with Gasteiger partial charge in [0.25, 0.3) is 0 Å². The Morgan fingerprint density at radius 1 is 0.469 bits per heavy atom. The van der Waals surface area contributed by atoms with Gasteiger partial charge in [0.1, 0.15) is 0 Å². The van der Waals surface area contributed by atoms with Crippen molar-refractivity contribution in [3.8, 4) is 0 Å². The Balaban J connectivity index is 4.85. The highest BCUT2D eigenvalue weighted by molar-refractivity contribution is 8.76. The van der Waals surface area contributed by atoms with Crippen LogP contribution < -0.4 is 0 Å². The topological polar surface area (TPSA) is 55.4 Å². The van der Waals surface area contributed by atoms with Gasteiger partial charge in [0.05, 0.1) is 0 Å². The van der Waals surface area contributed by atoms with Crippen molar-refractivity contribution in [3.63, 3.8) is 0 Å². The summed E-state index contributed by atoms with van der Waals surface area (Å²) in [6.45, 7) is 24.6. The van der Waals surface area contributed by atoms with E-state index in [2.05, 4.69) is 27.7 Å². The molecule has 0 amide bonds. The zero-order chi connectivity index (χ0) is 24.7. The molecular formula is C22H50O6S2Si2. The van der Waals surface area contributed by atoms with E-state index < -0.39 is 17.6 Å². The zero-order valence-electron chi connectivity index (χ0n) is 22.3. The normalized spacial score (nSPS) is 13.7. The van der Waals surface area contributed by atoms with Crippen LogP contribution in [0.5, 0.6) is 0 Å². The van der Waals surface area contributed by atoms with Crippen molar-refractivity contribution in [3.05, 3.63) is 0 Å². The van der Waals surface area contributed by atoms with E-state index in [9.17, 15) is 0 Å². The lowest BCUT2D eigenvalue weighted by molar-refractivity contribution is 0.0469.